The Balaban J connectivity index is 0.000000229. The zero-order valence-corrected chi connectivity index (χ0v) is 85.6. The van der Waals surface area contributed by atoms with Gasteiger partial charge in [-0.1, -0.05) is 339 Å². The number of aryl methyl sites for hydroxylation is 8. The van der Waals surface area contributed by atoms with Crippen molar-refractivity contribution >= 4 is 89.6 Å². The highest BCUT2D eigenvalue weighted by Crippen LogP contribution is 2.46. The van der Waals surface area contributed by atoms with Crippen LogP contribution in [0.3, 0.4) is 0 Å². The third-order valence-electron chi connectivity index (χ3n) is 26.1. The third-order valence-corrected chi connectivity index (χ3v) is 26.1. The molecular formula is C120H144N8O4. The summed E-state index contributed by atoms with van der Waals surface area (Å²) in [4.78, 5) is 105. The predicted molar refractivity (Wildman–Crippen MR) is 553 cm³/mol. The molecule has 14 rings (SSSR count). The summed E-state index contributed by atoms with van der Waals surface area (Å²) in [6.07, 6.45) is 28.3. The number of allylic oxidation sites excluding steroid dienone is 16. The van der Waals surface area contributed by atoms with Gasteiger partial charge in [0.2, 0.25) is 0 Å². The normalized spacial score (nSPS) is 15.4. The molecule has 0 N–H and O–H groups in total. The first kappa shape index (κ1) is 98.3. The molecule has 4 aliphatic carbocycles. The molecular weight excluding hydrogens is 1620 g/mol. The summed E-state index contributed by atoms with van der Waals surface area (Å²) in [5, 5.41) is 3.26. The van der Waals surface area contributed by atoms with Crippen LogP contribution < -0.4 is 20.9 Å². The van der Waals surface area contributed by atoms with Crippen LogP contribution in [0.1, 0.15) is 290 Å². The number of hydrogen-bond donors (Lipinski definition) is 0. The Bertz CT molecular complexity index is 6100. The van der Waals surface area contributed by atoms with Crippen LogP contribution in [-0.2, 0) is 44.9 Å². The number of aromatic nitrogens is 8. The molecule has 0 spiro atoms. The van der Waals surface area contributed by atoms with Crippen molar-refractivity contribution in [3.05, 3.63) is 256 Å². The summed E-state index contributed by atoms with van der Waals surface area (Å²) in [6.45, 7) is 68.0. The largest absolute Gasteiger partial charge is 0.289 e. The molecule has 4 aliphatic rings. The van der Waals surface area contributed by atoms with Gasteiger partial charge in [-0.25, -0.2) is 39.9 Å². The van der Waals surface area contributed by atoms with E-state index < -0.39 is 43.3 Å². The Morgan fingerprint density at radius 1 is 0.205 bits per heavy atom. The fourth-order valence-electron chi connectivity index (χ4n) is 18.2. The zero-order valence-electron chi connectivity index (χ0n) is 85.6. The lowest BCUT2D eigenvalue weighted by atomic mass is 9.71. The lowest BCUT2D eigenvalue weighted by Crippen LogP contribution is -2.31. The minimum absolute atomic E-state index is 0.0345. The van der Waals surface area contributed by atoms with E-state index in [1.54, 1.807) is 0 Å². The second-order valence-corrected chi connectivity index (χ2v) is 45.8. The topological polar surface area (TPSA) is 171 Å². The van der Waals surface area contributed by atoms with Gasteiger partial charge < -0.3 is 0 Å². The second-order valence-electron chi connectivity index (χ2n) is 45.8. The molecule has 0 fully saturated rings. The Labute approximate surface area is 786 Å². The van der Waals surface area contributed by atoms with E-state index in [1.807, 2.05) is 0 Å². The molecule has 6 aromatic carbocycles. The Hall–Kier alpha value is -11.2. The zero-order chi connectivity index (χ0) is 96.5. The number of unbranched alkanes of at least 4 members (excludes halogenated alkanes) is 4. The number of fused-ring (bicyclic) bond motifs is 4. The quantitative estimate of drug-likeness (QED) is 0.0840. The maximum absolute atomic E-state index is 14.8. The van der Waals surface area contributed by atoms with Gasteiger partial charge in [0, 0.05) is 87.7 Å². The molecule has 0 saturated heterocycles. The lowest BCUT2D eigenvalue weighted by molar-refractivity contribution is -0.114. The van der Waals surface area contributed by atoms with Crippen LogP contribution in [0.5, 0.6) is 0 Å². The molecule has 132 heavy (non-hydrogen) atoms. The standard InChI is InChI=1S/C66H68N4O2.C54H76N4O2/c1-37-17-25-41(26-18-37)53-54(42-27-19-38(2)20-28-42)68-58-52(46-35-49(65(11,12)13)62(72)50(36-46)66(14,15)16)60-59(51(57(58)67-53)45-33-47(63(5,6)7)61(71)48(34-45)64(8,9)10)69-55(43-29-21-39(3)22-30-43)56(70-60)44-31-23-40(4)24-32-44;1-17-21-25-39-40(26-22-18-2)56-46-44(34-31-37(53(11,12)13)50(60)38(32-34)54(14,15)16)48-47(57-41(27-23-19-3)42(58-48)28-24-20-4)43(45(46)55-39)33-29-35(51(5,6)7)49(59)36(30-33)52(8,9)10/h17-36H,1-16H3;29-32H,17-28H2,1-16H3. The van der Waals surface area contributed by atoms with E-state index in [0.29, 0.717) is 67.1 Å². The van der Waals surface area contributed by atoms with E-state index in [4.69, 9.17) is 39.9 Å². The molecule has 0 amide bonds. The van der Waals surface area contributed by atoms with Crippen molar-refractivity contribution in [2.24, 2.45) is 43.3 Å². The van der Waals surface area contributed by atoms with E-state index >= 15 is 0 Å². The minimum atomic E-state index is -0.500. The van der Waals surface area contributed by atoms with Gasteiger partial charge in [0.15, 0.2) is 23.1 Å². The van der Waals surface area contributed by atoms with Gasteiger partial charge in [-0.05, 0) is 193 Å². The van der Waals surface area contributed by atoms with Crippen molar-refractivity contribution in [2.45, 2.75) is 299 Å². The monoisotopic (exact) mass is 1760 g/mol. The molecule has 4 heterocycles. The molecule has 10 aromatic rings. The number of Topliss-reactive ketones (excluding diaryl/α,β-unsaturated/α-hetero) is 4. The highest BCUT2D eigenvalue weighted by molar-refractivity contribution is 6.19. The van der Waals surface area contributed by atoms with Gasteiger partial charge in [-0.3, -0.25) is 19.2 Å². The number of carbonyl (C=O) groups excluding carboxylic acids is 4. The number of rotatable bonds is 16. The molecule has 0 saturated carbocycles. The highest BCUT2D eigenvalue weighted by Gasteiger charge is 2.41. The van der Waals surface area contributed by atoms with Gasteiger partial charge in [0.1, 0.15) is 22.1 Å². The van der Waals surface area contributed by atoms with Crippen LogP contribution in [0.2, 0.25) is 0 Å². The fraction of sp³-hybridized carbons (Fsp3) is 0.433. The first-order valence-corrected chi connectivity index (χ1v) is 48.5. The summed E-state index contributed by atoms with van der Waals surface area (Å²) in [5.74, 6) is 0.262. The van der Waals surface area contributed by atoms with Crippen molar-refractivity contribution < 1.29 is 19.2 Å². The lowest BCUT2D eigenvalue weighted by Gasteiger charge is -2.32. The Morgan fingerprint density at radius 3 is 0.470 bits per heavy atom. The van der Waals surface area contributed by atoms with Crippen LogP contribution >= 0.6 is 0 Å². The molecule has 0 unspecified atom stereocenters. The Morgan fingerprint density at radius 2 is 0.341 bits per heavy atom. The highest BCUT2D eigenvalue weighted by atomic mass is 16.1. The maximum atomic E-state index is 14.8. The van der Waals surface area contributed by atoms with Crippen LogP contribution in [0, 0.1) is 71.0 Å². The van der Waals surface area contributed by atoms with Gasteiger partial charge in [-0.2, -0.15) is 0 Å². The summed E-state index contributed by atoms with van der Waals surface area (Å²) in [5.41, 5.74) is 26.7. The number of carbonyl (C=O) groups is 4. The summed E-state index contributed by atoms with van der Waals surface area (Å²) in [7, 11) is 0. The van der Waals surface area contributed by atoms with Crippen LogP contribution in [0.15, 0.2) is 190 Å². The maximum Gasteiger partial charge on any atom is 0.186 e. The third kappa shape index (κ3) is 20.3. The average molecular weight is 1760 g/mol. The van der Waals surface area contributed by atoms with Crippen molar-refractivity contribution in [3.8, 4) is 45.0 Å². The first-order chi connectivity index (χ1) is 61.7. The molecule has 688 valence electrons. The van der Waals surface area contributed by atoms with Crippen molar-refractivity contribution in [3.63, 3.8) is 0 Å². The number of benzene rings is 6. The van der Waals surface area contributed by atoms with Crippen molar-refractivity contribution in [1.29, 1.82) is 0 Å². The van der Waals surface area contributed by atoms with Crippen LogP contribution in [0.4, 0.5) is 0 Å². The molecule has 0 bridgehead atoms. The van der Waals surface area contributed by atoms with Crippen LogP contribution in [0.25, 0.3) is 111 Å². The summed E-state index contributed by atoms with van der Waals surface area (Å²) >= 11 is 0. The summed E-state index contributed by atoms with van der Waals surface area (Å²) < 4.78 is 0. The average Bonchev–Trinajstić information content (AvgIpc) is 0.705. The number of hydrogen-bond acceptors (Lipinski definition) is 12. The van der Waals surface area contributed by atoms with Gasteiger partial charge in [0.25, 0.3) is 0 Å². The molecule has 0 aliphatic heterocycles. The summed E-state index contributed by atoms with van der Waals surface area (Å²) in [6, 6.07) is 33.9. The van der Waals surface area contributed by atoms with E-state index in [2.05, 4.69) is 367 Å². The fourth-order valence-corrected chi connectivity index (χ4v) is 18.2. The SMILES string of the molecule is CCCCc1nc2c(=C3C=C(C(C)(C)C)C(=O)C(C(C)(C)C)=C3)c3nc(CCCC)c(CCCC)nc3c(=C3C=C(C(C)(C)C)C(=O)C(C(C)(C)C)=C3)c2nc1CCCC.Cc1ccc(-c2nc3c(=C4C=C(C(C)(C)C)C(=O)C(C(C)(C)C)=C4)c4nc(-c5ccc(C)cc5)c(-c5ccc(C)cc5)nc4c(=C4C=C(C(C)(C)C)C(=O)C(C(C)(C)C)=C4)c3nc2-c2ccc(C)cc2)cc1. The minimum Gasteiger partial charge on any atom is -0.289 e. The molecule has 12 nitrogen and oxygen atoms in total. The van der Waals surface area contributed by atoms with Gasteiger partial charge >= 0.3 is 0 Å². The first-order valence-electron chi connectivity index (χ1n) is 48.5. The molecule has 12 heteroatoms. The number of nitrogens with zero attached hydrogens (tertiary/aromatic N) is 8. The van der Waals surface area contributed by atoms with Crippen molar-refractivity contribution in [1.82, 2.24) is 39.9 Å². The van der Waals surface area contributed by atoms with E-state index in [-0.39, 0.29) is 23.1 Å². The van der Waals surface area contributed by atoms with Crippen LogP contribution in [-0.4, -0.2) is 63.0 Å². The van der Waals surface area contributed by atoms with Gasteiger partial charge in [-0.15, -0.1) is 0 Å². The van der Waals surface area contributed by atoms with E-state index in [1.165, 1.54) is 0 Å². The predicted octanol–water partition coefficient (Wildman–Crippen LogP) is 27.1. The van der Waals surface area contributed by atoms with Crippen molar-refractivity contribution in [2.75, 3.05) is 0 Å². The smallest absolute Gasteiger partial charge is 0.186 e. The molecule has 0 radical (unpaired) electrons. The number of ketones is 4. The molecule has 0 atom stereocenters. The van der Waals surface area contributed by atoms with E-state index in [0.717, 1.165) is 232 Å². The van der Waals surface area contributed by atoms with Gasteiger partial charge in [0.05, 0.1) is 67.6 Å². The molecule has 4 aromatic heterocycles. The Kier molecular flexibility index (Phi) is 27.8. The second kappa shape index (κ2) is 37.3. The van der Waals surface area contributed by atoms with E-state index in [9.17, 15) is 19.2 Å².